The predicted molar refractivity (Wildman–Crippen MR) is 28.6 cm³/mol. The molecule has 0 nitrogen and oxygen atoms in total. The van der Waals surface area contributed by atoms with Crippen LogP contribution in [0.25, 0.3) is 0 Å². The van der Waals surface area contributed by atoms with Crippen molar-refractivity contribution in [1.82, 2.24) is 0 Å². The van der Waals surface area contributed by atoms with Crippen molar-refractivity contribution in [2.45, 2.75) is 13.1 Å². The second-order valence-corrected chi connectivity index (χ2v) is 1.53. The highest BCUT2D eigenvalue weighted by atomic mass is 19.4. The van der Waals surface area contributed by atoms with Crippen molar-refractivity contribution in [1.29, 1.82) is 0 Å². The van der Waals surface area contributed by atoms with Crippen LogP contribution < -0.4 is 0 Å². The van der Waals surface area contributed by atoms with E-state index in [4.69, 9.17) is 0 Å². The van der Waals surface area contributed by atoms with E-state index in [1.807, 2.05) is 5.92 Å². The maximum absolute atomic E-state index is 11.2. The first-order valence-corrected chi connectivity index (χ1v) is 2.17. The molecule has 0 N–H and O–H groups in total. The Labute approximate surface area is 51.4 Å². The summed E-state index contributed by atoms with van der Waals surface area (Å²) in [7, 11) is 0. The van der Waals surface area contributed by atoms with E-state index in [9.17, 15) is 13.2 Å². The summed E-state index contributed by atoms with van der Waals surface area (Å²) in [6.07, 6.45) is -4.39. The van der Waals surface area contributed by atoms with Gasteiger partial charge in [0.2, 0.25) is 0 Å². The van der Waals surface area contributed by atoms with E-state index in [0.717, 1.165) is 5.92 Å². The van der Waals surface area contributed by atoms with Crippen molar-refractivity contribution in [3.63, 3.8) is 0 Å². The molecule has 0 fully saturated rings. The molecule has 0 saturated carbocycles. The molecule has 0 aliphatic carbocycles. The molecule has 0 aromatic heterocycles. The molecule has 50 valence electrons. The lowest BCUT2D eigenvalue weighted by molar-refractivity contribution is -0.0696. The molecule has 0 aromatic rings. The monoisotopic (exact) mass is 134 g/mol. The summed E-state index contributed by atoms with van der Waals surface area (Å²) in [5, 5.41) is 0. The number of halogens is 3. The smallest absolute Gasteiger partial charge is 0.159 e. The number of alkyl halides is 3. The van der Waals surface area contributed by atoms with Crippen LogP contribution in [-0.4, -0.2) is 6.18 Å². The van der Waals surface area contributed by atoms with Gasteiger partial charge in [0.05, 0.1) is 0 Å². The molecule has 0 atom stereocenters. The summed E-state index contributed by atoms with van der Waals surface area (Å²) in [6.45, 7) is 4.60. The van der Waals surface area contributed by atoms with E-state index < -0.39 is 6.18 Å². The molecule has 0 saturated heterocycles. The highest BCUT2D eigenvalue weighted by Gasteiger charge is 2.22. The van der Waals surface area contributed by atoms with Crippen molar-refractivity contribution >= 4 is 0 Å². The van der Waals surface area contributed by atoms with Crippen LogP contribution in [0.1, 0.15) is 6.92 Å². The van der Waals surface area contributed by atoms with Gasteiger partial charge >= 0.3 is 6.18 Å². The lowest BCUT2D eigenvalue weighted by Crippen LogP contribution is -2.01. The van der Waals surface area contributed by atoms with Crippen molar-refractivity contribution in [3.05, 3.63) is 12.2 Å². The Balaban J connectivity index is 4.04. The van der Waals surface area contributed by atoms with E-state index in [2.05, 4.69) is 6.58 Å². The molecule has 0 unspecified atom stereocenters. The Bertz CT molecular complexity index is 165. The van der Waals surface area contributed by atoms with Gasteiger partial charge in [0.15, 0.2) is 0 Å². The van der Waals surface area contributed by atoms with Crippen LogP contribution in [0.2, 0.25) is 0 Å². The van der Waals surface area contributed by atoms with E-state index in [1.54, 1.807) is 0 Å². The van der Waals surface area contributed by atoms with Crippen LogP contribution in [0.5, 0.6) is 0 Å². The van der Waals surface area contributed by atoms with Gasteiger partial charge in [-0.05, 0) is 12.5 Å². The minimum atomic E-state index is -4.39. The van der Waals surface area contributed by atoms with E-state index >= 15 is 0 Å². The fourth-order valence-electron chi connectivity index (χ4n) is 0.178. The van der Waals surface area contributed by atoms with Crippen molar-refractivity contribution in [2.24, 2.45) is 0 Å². The van der Waals surface area contributed by atoms with Crippen LogP contribution in [-0.2, 0) is 0 Å². The van der Waals surface area contributed by atoms with E-state index in [1.165, 1.54) is 6.92 Å². The molecule has 0 aliphatic rings. The average molecular weight is 134 g/mol. The predicted octanol–water partition coefficient (Wildman–Crippen LogP) is 2.13. The Morgan fingerprint density at radius 1 is 1.44 bits per heavy atom. The molecule has 0 amide bonds. The van der Waals surface area contributed by atoms with Gasteiger partial charge in [-0.1, -0.05) is 12.5 Å². The van der Waals surface area contributed by atoms with Crippen LogP contribution in [0, 0.1) is 11.8 Å². The third-order valence-corrected chi connectivity index (χ3v) is 0.418. The van der Waals surface area contributed by atoms with E-state index in [-0.39, 0.29) is 5.57 Å². The van der Waals surface area contributed by atoms with Crippen molar-refractivity contribution in [2.75, 3.05) is 0 Å². The van der Waals surface area contributed by atoms with Gasteiger partial charge in [0.25, 0.3) is 0 Å². The first-order chi connectivity index (χ1) is 3.92. The van der Waals surface area contributed by atoms with Gasteiger partial charge in [0.1, 0.15) is 0 Å². The molecule has 0 rings (SSSR count). The fraction of sp³-hybridized carbons (Fsp3) is 0.333. The topological polar surface area (TPSA) is 0 Å². The minimum Gasteiger partial charge on any atom is -0.159 e. The molecule has 0 aromatic carbocycles. The third-order valence-electron chi connectivity index (χ3n) is 0.418. The zero-order chi connectivity index (χ0) is 7.49. The Hall–Kier alpha value is -0.910. The van der Waals surface area contributed by atoms with E-state index in [0.29, 0.717) is 0 Å². The molecule has 0 radical (unpaired) electrons. The first kappa shape index (κ1) is 8.09. The number of hydrogen-bond donors (Lipinski definition) is 0. The maximum atomic E-state index is 11.2. The van der Waals surface area contributed by atoms with Gasteiger partial charge in [0, 0.05) is 5.92 Å². The number of hydrogen-bond acceptors (Lipinski definition) is 0. The third kappa shape index (κ3) is 7.09. The quantitative estimate of drug-likeness (QED) is 0.445. The summed E-state index contributed by atoms with van der Waals surface area (Å²) in [4.78, 5) is 0. The molecular weight excluding hydrogens is 129 g/mol. The summed E-state index contributed by atoms with van der Waals surface area (Å²) in [5.41, 5.74) is 0.215. The first-order valence-electron chi connectivity index (χ1n) is 2.17. The molecule has 0 heterocycles. The largest absolute Gasteiger partial charge is 0.458 e. The lowest BCUT2D eigenvalue weighted by Gasteiger charge is -1.90. The van der Waals surface area contributed by atoms with Crippen LogP contribution in [0.15, 0.2) is 12.2 Å². The summed E-state index contributed by atoms with van der Waals surface area (Å²) < 4.78 is 33.6. The Kier molecular flexibility index (Phi) is 2.32. The number of rotatable bonds is 0. The Morgan fingerprint density at radius 3 is 2.00 bits per heavy atom. The number of allylic oxidation sites excluding steroid dienone is 1. The second-order valence-electron chi connectivity index (χ2n) is 1.53. The molecular formula is C6H5F3. The lowest BCUT2D eigenvalue weighted by atomic mass is 10.3. The molecule has 3 heteroatoms. The summed E-state index contributed by atoms with van der Waals surface area (Å²) >= 11 is 0. The van der Waals surface area contributed by atoms with Crippen molar-refractivity contribution in [3.8, 4) is 11.8 Å². The van der Waals surface area contributed by atoms with Gasteiger partial charge < -0.3 is 0 Å². The zero-order valence-corrected chi connectivity index (χ0v) is 4.84. The van der Waals surface area contributed by atoms with Gasteiger partial charge in [-0.2, -0.15) is 13.2 Å². The van der Waals surface area contributed by atoms with Gasteiger partial charge in [-0.25, -0.2) is 0 Å². The summed E-state index contributed by atoms with van der Waals surface area (Å²) in [6, 6.07) is 0. The maximum Gasteiger partial charge on any atom is 0.458 e. The molecule has 0 aliphatic heterocycles. The summed E-state index contributed by atoms with van der Waals surface area (Å²) in [5.74, 6) is 2.89. The highest BCUT2D eigenvalue weighted by Crippen LogP contribution is 2.11. The Morgan fingerprint density at radius 2 is 1.89 bits per heavy atom. The molecule has 9 heavy (non-hydrogen) atoms. The molecule has 0 bridgehead atoms. The van der Waals surface area contributed by atoms with Crippen LogP contribution >= 0.6 is 0 Å². The van der Waals surface area contributed by atoms with Gasteiger partial charge in [-0.3, -0.25) is 0 Å². The normalized spacial score (nSPS) is 9.78. The van der Waals surface area contributed by atoms with Crippen LogP contribution in [0.4, 0.5) is 13.2 Å². The highest BCUT2D eigenvalue weighted by molar-refractivity contribution is 5.24. The van der Waals surface area contributed by atoms with Crippen molar-refractivity contribution < 1.29 is 13.2 Å². The standard InChI is InChI=1S/C6H5F3/c1-5(2)3-4-6(7,8)9/h1H2,2H3. The fourth-order valence-corrected chi connectivity index (χ4v) is 0.178. The van der Waals surface area contributed by atoms with Gasteiger partial charge in [-0.15, -0.1) is 0 Å². The van der Waals surface area contributed by atoms with Crippen LogP contribution in [0.3, 0.4) is 0 Å². The SMILES string of the molecule is C=C(C)C#CC(F)(F)F. The molecule has 0 spiro atoms. The second kappa shape index (κ2) is 2.58. The minimum absolute atomic E-state index is 0.215. The average Bonchev–Trinajstić information content (AvgIpc) is 1.59. The zero-order valence-electron chi connectivity index (χ0n) is 4.84.